The van der Waals surface area contributed by atoms with Crippen LogP contribution < -0.4 is 10.6 Å². The van der Waals surface area contributed by atoms with E-state index in [9.17, 15) is 14.7 Å². The first-order valence-corrected chi connectivity index (χ1v) is 12.2. The second kappa shape index (κ2) is 11.6. The number of rotatable bonds is 10. The van der Waals surface area contributed by atoms with Crippen LogP contribution in [-0.4, -0.2) is 43.8 Å². The third-order valence-electron chi connectivity index (χ3n) is 6.25. The molecule has 37 heavy (non-hydrogen) atoms. The van der Waals surface area contributed by atoms with Gasteiger partial charge in [0.15, 0.2) is 6.10 Å². The quantitative estimate of drug-likeness (QED) is 0.312. The fraction of sp³-hybridized carbons (Fsp3) is 0.241. The number of benzene rings is 2. The minimum absolute atomic E-state index is 0.170. The molecule has 0 aliphatic rings. The first kappa shape index (κ1) is 25.8. The SMILES string of the molecule is CC(C)(C(=O)NC(Cc1ccccc1)C(O)C(=O)NCc1ccccn1)n1cc(-c2ccccc2)cn1. The van der Waals surface area contributed by atoms with E-state index >= 15 is 0 Å². The van der Waals surface area contributed by atoms with Crippen LogP contribution in [0.5, 0.6) is 0 Å². The van der Waals surface area contributed by atoms with Crippen LogP contribution in [0.1, 0.15) is 25.1 Å². The van der Waals surface area contributed by atoms with E-state index < -0.39 is 23.6 Å². The number of aliphatic hydroxyl groups excluding tert-OH is 1. The summed E-state index contributed by atoms with van der Waals surface area (Å²) in [6, 6.07) is 23.7. The Morgan fingerprint density at radius 1 is 0.946 bits per heavy atom. The molecule has 3 N–H and O–H groups in total. The second-order valence-corrected chi connectivity index (χ2v) is 9.35. The normalized spacial score (nSPS) is 12.9. The Balaban J connectivity index is 1.50. The van der Waals surface area contributed by atoms with Gasteiger partial charge in [-0.15, -0.1) is 0 Å². The number of aliphatic hydroxyl groups is 1. The van der Waals surface area contributed by atoms with Gasteiger partial charge in [-0.25, -0.2) is 0 Å². The number of nitrogens with one attached hydrogen (secondary N) is 2. The average Bonchev–Trinajstić information content (AvgIpc) is 3.44. The molecular weight excluding hydrogens is 466 g/mol. The van der Waals surface area contributed by atoms with Crippen LogP contribution in [0.25, 0.3) is 11.1 Å². The van der Waals surface area contributed by atoms with Crippen molar-refractivity contribution in [2.24, 2.45) is 0 Å². The second-order valence-electron chi connectivity index (χ2n) is 9.35. The number of pyridine rings is 1. The van der Waals surface area contributed by atoms with Crippen LogP contribution in [-0.2, 0) is 28.1 Å². The van der Waals surface area contributed by atoms with Gasteiger partial charge >= 0.3 is 0 Å². The van der Waals surface area contributed by atoms with Crippen LogP contribution in [0.15, 0.2) is 97.5 Å². The predicted molar refractivity (Wildman–Crippen MR) is 141 cm³/mol. The summed E-state index contributed by atoms with van der Waals surface area (Å²) in [5.41, 5.74) is 2.35. The van der Waals surface area contributed by atoms with Crippen molar-refractivity contribution >= 4 is 11.8 Å². The first-order valence-electron chi connectivity index (χ1n) is 12.2. The van der Waals surface area contributed by atoms with Crippen molar-refractivity contribution < 1.29 is 14.7 Å². The van der Waals surface area contributed by atoms with Crippen LogP contribution in [0, 0.1) is 0 Å². The highest BCUT2D eigenvalue weighted by Crippen LogP contribution is 2.23. The molecule has 8 nitrogen and oxygen atoms in total. The highest BCUT2D eigenvalue weighted by Gasteiger charge is 2.35. The number of carbonyl (C=O) groups is 2. The number of nitrogens with zero attached hydrogens (tertiary/aromatic N) is 3. The van der Waals surface area contributed by atoms with E-state index in [1.807, 2.05) is 72.9 Å². The van der Waals surface area contributed by atoms with E-state index in [-0.39, 0.29) is 18.9 Å². The molecule has 4 aromatic rings. The largest absolute Gasteiger partial charge is 0.381 e. The molecule has 2 amide bonds. The van der Waals surface area contributed by atoms with E-state index in [2.05, 4.69) is 20.7 Å². The molecule has 2 aromatic heterocycles. The zero-order chi connectivity index (χ0) is 26.3. The van der Waals surface area contributed by atoms with E-state index in [0.29, 0.717) is 5.69 Å². The van der Waals surface area contributed by atoms with Crippen molar-refractivity contribution in [3.8, 4) is 11.1 Å². The molecule has 0 bridgehead atoms. The Kier molecular flexibility index (Phi) is 8.10. The molecule has 4 rings (SSSR count). The van der Waals surface area contributed by atoms with E-state index in [0.717, 1.165) is 16.7 Å². The lowest BCUT2D eigenvalue weighted by Gasteiger charge is -2.30. The molecule has 2 unspecified atom stereocenters. The van der Waals surface area contributed by atoms with Crippen molar-refractivity contribution in [2.45, 2.75) is 44.5 Å². The Hall–Kier alpha value is -4.30. The Morgan fingerprint density at radius 3 is 2.30 bits per heavy atom. The topological polar surface area (TPSA) is 109 Å². The van der Waals surface area contributed by atoms with Crippen LogP contribution in [0.3, 0.4) is 0 Å². The lowest BCUT2D eigenvalue weighted by molar-refractivity contribution is -0.134. The molecule has 0 radical (unpaired) electrons. The minimum atomic E-state index is -1.47. The van der Waals surface area contributed by atoms with Gasteiger partial charge in [-0.2, -0.15) is 5.10 Å². The summed E-state index contributed by atoms with van der Waals surface area (Å²) in [5.74, 6) is -0.956. The van der Waals surface area contributed by atoms with Crippen molar-refractivity contribution in [3.63, 3.8) is 0 Å². The number of carbonyl (C=O) groups excluding carboxylic acids is 2. The summed E-state index contributed by atoms with van der Waals surface area (Å²) in [5, 5.41) is 21.0. The lowest BCUT2D eigenvalue weighted by Crippen LogP contribution is -2.56. The molecular formula is C29H31N5O3. The molecule has 2 aromatic carbocycles. The third kappa shape index (κ3) is 6.48. The maximum atomic E-state index is 13.5. The minimum Gasteiger partial charge on any atom is -0.381 e. The number of hydrogen-bond acceptors (Lipinski definition) is 5. The van der Waals surface area contributed by atoms with Crippen molar-refractivity contribution in [3.05, 3.63) is 109 Å². The zero-order valence-electron chi connectivity index (χ0n) is 20.9. The maximum Gasteiger partial charge on any atom is 0.251 e. The fourth-order valence-electron chi connectivity index (χ4n) is 3.93. The predicted octanol–water partition coefficient (Wildman–Crippen LogP) is 3.09. The van der Waals surface area contributed by atoms with Gasteiger partial charge in [0.1, 0.15) is 5.54 Å². The van der Waals surface area contributed by atoms with Gasteiger partial charge in [-0.3, -0.25) is 19.3 Å². The summed E-state index contributed by atoms with van der Waals surface area (Å²) < 4.78 is 1.60. The molecule has 8 heteroatoms. The van der Waals surface area contributed by atoms with Gasteiger partial charge in [-0.1, -0.05) is 66.7 Å². The molecule has 0 fully saturated rings. The summed E-state index contributed by atoms with van der Waals surface area (Å²) in [6.07, 6.45) is 3.97. The van der Waals surface area contributed by atoms with Crippen molar-refractivity contribution in [1.82, 2.24) is 25.4 Å². The highest BCUT2D eigenvalue weighted by atomic mass is 16.3. The van der Waals surface area contributed by atoms with Gasteiger partial charge < -0.3 is 15.7 Å². The molecule has 0 aliphatic heterocycles. The van der Waals surface area contributed by atoms with Gasteiger partial charge in [0.25, 0.3) is 5.91 Å². The van der Waals surface area contributed by atoms with E-state index in [1.54, 1.807) is 43.1 Å². The average molecular weight is 498 g/mol. The van der Waals surface area contributed by atoms with Crippen LogP contribution in [0.4, 0.5) is 0 Å². The zero-order valence-corrected chi connectivity index (χ0v) is 20.9. The van der Waals surface area contributed by atoms with Gasteiger partial charge in [0.05, 0.1) is 24.5 Å². The Labute approximate surface area is 216 Å². The highest BCUT2D eigenvalue weighted by molar-refractivity contribution is 5.86. The molecule has 0 spiro atoms. The van der Waals surface area contributed by atoms with E-state index in [1.165, 1.54) is 0 Å². The maximum absolute atomic E-state index is 13.5. The molecule has 0 saturated carbocycles. The van der Waals surface area contributed by atoms with Crippen LogP contribution in [0.2, 0.25) is 0 Å². The Morgan fingerprint density at radius 2 is 1.62 bits per heavy atom. The molecule has 0 aliphatic carbocycles. The number of amides is 2. The van der Waals surface area contributed by atoms with Gasteiger partial charge in [-0.05, 0) is 43.5 Å². The third-order valence-corrected chi connectivity index (χ3v) is 6.25. The number of hydrogen-bond donors (Lipinski definition) is 3. The molecule has 0 saturated heterocycles. The van der Waals surface area contributed by atoms with Crippen molar-refractivity contribution in [2.75, 3.05) is 0 Å². The summed E-state index contributed by atoms with van der Waals surface area (Å²) >= 11 is 0. The fourth-order valence-corrected chi connectivity index (χ4v) is 3.93. The summed E-state index contributed by atoms with van der Waals surface area (Å²) in [7, 11) is 0. The van der Waals surface area contributed by atoms with Crippen LogP contribution >= 0.6 is 0 Å². The molecule has 190 valence electrons. The van der Waals surface area contributed by atoms with Gasteiger partial charge in [0.2, 0.25) is 5.91 Å². The summed E-state index contributed by atoms with van der Waals surface area (Å²) in [6.45, 7) is 3.66. The number of aromatic nitrogens is 3. The lowest BCUT2D eigenvalue weighted by atomic mass is 9.98. The first-order chi connectivity index (χ1) is 17.8. The Bertz CT molecular complexity index is 1310. The standard InChI is InChI=1S/C29H31N5O3/c1-29(2,34-20-23(18-32-34)22-13-7-4-8-14-22)28(37)33-25(17-21-11-5-3-6-12-21)26(35)27(36)31-19-24-15-9-10-16-30-24/h3-16,18,20,25-26,35H,17,19H2,1-2H3,(H,31,36)(H,33,37). The van der Waals surface area contributed by atoms with E-state index in [4.69, 9.17) is 0 Å². The summed E-state index contributed by atoms with van der Waals surface area (Å²) in [4.78, 5) is 30.5. The monoisotopic (exact) mass is 497 g/mol. The van der Waals surface area contributed by atoms with Gasteiger partial charge in [0, 0.05) is 18.0 Å². The van der Waals surface area contributed by atoms with Crippen molar-refractivity contribution in [1.29, 1.82) is 0 Å². The molecule has 2 heterocycles. The molecule has 2 atom stereocenters. The smallest absolute Gasteiger partial charge is 0.251 e.